The predicted octanol–water partition coefficient (Wildman–Crippen LogP) is 3.88. The van der Waals surface area contributed by atoms with Gasteiger partial charge in [0.05, 0.1) is 0 Å². The normalized spacial score (nSPS) is 21.5. The van der Waals surface area contributed by atoms with Crippen LogP contribution >= 0.6 is 0 Å². The van der Waals surface area contributed by atoms with E-state index in [2.05, 4.69) is 41.4 Å². The SMILES string of the molecule is CC(CC1CC1)Nc1cccc(CN2CCCC2)c1. The van der Waals surface area contributed by atoms with Crippen LogP contribution in [0.1, 0.15) is 44.6 Å². The quantitative estimate of drug-likeness (QED) is 0.833. The maximum atomic E-state index is 3.66. The number of hydrogen-bond acceptors (Lipinski definition) is 2. The molecular weight excluding hydrogens is 232 g/mol. The molecule has 2 fully saturated rings. The molecule has 1 unspecified atom stereocenters. The largest absolute Gasteiger partial charge is 0.383 e. The molecule has 0 amide bonds. The van der Waals surface area contributed by atoms with E-state index in [1.807, 2.05) is 0 Å². The highest BCUT2D eigenvalue weighted by Crippen LogP contribution is 2.34. The van der Waals surface area contributed by atoms with Gasteiger partial charge in [-0.3, -0.25) is 4.90 Å². The Balaban J connectivity index is 1.55. The standard InChI is InChI=1S/C17H26N2/c1-14(11-15-7-8-15)18-17-6-4-5-16(12-17)13-19-9-2-3-10-19/h4-6,12,14-15,18H,2-3,7-11,13H2,1H3. The van der Waals surface area contributed by atoms with E-state index in [1.54, 1.807) is 0 Å². The first kappa shape index (κ1) is 13.0. The molecule has 1 saturated heterocycles. The van der Waals surface area contributed by atoms with Gasteiger partial charge in [-0.1, -0.05) is 25.0 Å². The van der Waals surface area contributed by atoms with Crippen molar-refractivity contribution in [3.63, 3.8) is 0 Å². The Morgan fingerprint density at radius 2 is 2.05 bits per heavy atom. The minimum Gasteiger partial charge on any atom is -0.383 e. The van der Waals surface area contributed by atoms with Gasteiger partial charge in [0.25, 0.3) is 0 Å². The Morgan fingerprint density at radius 3 is 2.79 bits per heavy atom. The fraction of sp³-hybridized carbons (Fsp3) is 0.647. The molecule has 0 bridgehead atoms. The van der Waals surface area contributed by atoms with Gasteiger partial charge in [-0.05, 0) is 62.9 Å². The van der Waals surface area contributed by atoms with E-state index in [4.69, 9.17) is 0 Å². The van der Waals surface area contributed by atoms with E-state index < -0.39 is 0 Å². The summed E-state index contributed by atoms with van der Waals surface area (Å²) in [6.45, 7) is 5.98. The Bertz CT molecular complexity index is 405. The van der Waals surface area contributed by atoms with Gasteiger partial charge in [0.2, 0.25) is 0 Å². The minimum absolute atomic E-state index is 0.606. The average molecular weight is 258 g/mol. The van der Waals surface area contributed by atoms with Crippen molar-refractivity contribution in [3.8, 4) is 0 Å². The fourth-order valence-corrected chi connectivity index (χ4v) is 3.16. The lowest BCUT2D eigenvalue weighted by Crippen LogP contribution is -2.19. The molecule has 2 heteroatoms. The van der Waals surface area contributed by atoms with Crippen molar-refractivity contribution < 1.29 is 0 Å². The van der Waals surface area contributed by atoms with Gasteiger partial charge in [0.1, 0.15) is 0 Å². The molecule has 2 nitrogen and oxygen atoms in total. The molecule has 0 radical (unpaired) electrons. The van der Waals surface area contributed by atoms with Crippen molar-refractivity contribution in [1.29, 1.82) is 0 Å². The van der Waals surface area contributed by atoms with Crippen LogP contribution in [0.2, 0.25) is 0 Å². The molecule has 1 atom stereocenters. The van der Waals surface area contributed by atoms with Crippen LogP contribution in [0.15, 0.2) is 24.3 Å². The van der Waals surface area contributed by atoms with Crippen molar-refractivity contribution in [2.75, 3.05) is 18.4 Å². The number of rotatable bonds is 6. The van der Waals surface area contributed by atoms with Crippen LogP contribution in [0, 0.1) is 5.92 Å². The summed E-state index contributed by atoms with van der Waals surface area (Å²) in [6.07, 6.45) is 6.96. The topological polar surface area (TPSA) is 15.3 Å². The highest BCUT2D eigenvalue weighted by molar-refractivity contribution is 5.46. The number of benzene rings is 1. The van der Waals surface area contributed by atoms with Crippen LogP contribution in [0.5, 0.6) is 0 Å². The Hall–Kier alpha value is -1.02. The van der Waals surface area contributed by atoms with Crippen molar-refractivity contribution >= 4 is 5.69 Å². The molecule has 1 N–H and O–H groups in total. The summed E-state index contributed by atoms with van der Waals surface area (Å²) < 4.78 is 0. The van der Waals surface area contributed by atoms with Gasteiger partial charge in [0.15, 0.2) is 0 Å². The third-order valence-corrected chi connectivity index (χ3v) is 4.33. The maximum absolute atomic E-state index is 3.66. The molecule has 2 aliphatic rings. The first-order chi connectivity index (χ1) is 9.29. The zero-order chi connectivity index (χ0) is 13.1. The summed E-state index contributed by atoms with van der Waals surface area (Å²) in [6, 6.07) is 9.60. The molecule has 1 heterocycles. The highest BCUT2D eigenvalue weighted by Gasteiger charge is 2.23. The van der Waals surface area contributed by atoms with Crippen LogP contribution in [0.4, 0.5) is 5.69 Å². The summed E-state index contributed by atoms with van der Waals surface area (Å²) in [5, 5.41) is 3.66. The number of anilines is 1. The summed E-state index contributed by atoms with van der Waals surface area (Å²) >= 11 is 0. The summed E-state index contributed by atoms with van der Waals surface area (Å²) in [7, 11) is 0. The molecule has 0 spiro atoms. The zero-order valence-corrected chi connectivity index (χ0v) is 12.1. The van der Waals surface area contributed by atoms with Crippen molar-refractivity contribution in [3.05, 3.63) is 29.8 Å². The van der Waals surface area contributed by atoms with E-state index in [0.29, 0.717) is 6.04 Å². The minimum atomic E-state index is 0.606. The van der Waals surface area contributed by atoms with E-state index in [-0.39, 0.29) is 0 Å². The van der Waals surface area contributed by atoms with Gasteiger partial charge in [-0.25, -0.2) is 0 Å². The Kier molecular flexibility index (Phi) is 4.07. The monoisotopic (exact) mass is 258 g/mol. The second-order valence-electron chi connectivity index (χ2n) is 6.41. The predicted molar refractivity (Wildman–Crippen MR) is 81.4 cm³/mol. The lowest BCUT2D eigenvalue weighted by molar-refractivity contribution is 0.331. The average Bonchev–Trinajstić information content (AvgIpc) is 3.04. The number of hydrogen-bond donors (Lipinski definition) is 1. The summed E-state index contributed by atoms with van der Waals surface area (Å²) in [4.78, 5) is 2.56. The first-order valence-electron chi connectivity index (χ1n) is 7.87. The fourth-order valence-electron chi connectivity index (χ4n) is 3.16. The smallest absolute Gasteiger partial charge is 0.0345 e. The van der Waals surface area contributed by atoms with Crippen LogP contribution < -0.4 is 5.32 Å². The van der Waals surface area contributed by atoms with E-state index >= 15 is 0 Å². The molecular formula is C17H26N2. The third-order valence-electron chi connectivity index (χ3n) is 4.33. The second kappa shape index (κ2) is 5.96. The van der Waals surface area contributed by atoms with Crippen LogP contribution in [-0.4, -0.2) is 24.0 Å². The third kappa shape index (κ3) is 3.97. The molecule has 3 rings (SSSR count). The van der Waals surface area contributed by atoms with Gasteiger partial charge >= 0.3 is 0 Å². The maximum Gasteiger partial charge on any atom is 0.0345 e. The molecule has 19 heavy (non-hydrogen) atoms. The Labute approximate surface area is 117 Å². The number of nitrogens with one attached hydrogen (secondary N) is 1. The van der Waals surface area contributed by atoms with E-state index in [9.17, 15) is 0 Å². The number of nitrogens with zero attached hydrogens (tertiary/aromatic N) is 1. The first-order valence-corrected chi connectivity index (χ1v) is 7.87. The second-order valence-corrected chi connectivity index (χ2v) is 6.41. The molecule has 1 aliphatic heterocycles. The van der Waals surface area contributed by atoms with E-state index in [0.717, 1.165) is 12.5 Å². The summed E-state index contributed by atoms with van der Waals surface area (Å²) in [5.74, 6) is 0.996. The molecule has 0 aromatic heterocycles. The van der Waals surface area contributed by atoms with Crippen LogP contribution in [0.3, 0.4) is 0 Å². The molecule has 1 aromatic carbocycles. The molecule has 1 aliphatic carbocycles. The molecule has 104 valence electrons. The van der Waals surface area contributed by atoms with Crippen molar-refractivity contribution in [1.82, 2.24) is 4.90 Å². The van der Waals surface area contributed by atoms with Gasteiger partial charge in [-0.15, -0.1) is 0 Å². The van der Waals surface area contributed by atoms with Gasteiger partial charge in [0, 0.05) is 18.3 Å². The highest BCUT2D eigenvalue weighted by atomic mass is 15.1. The van der Waals surface area contributed by atoms with E-state index in [1.165, 1.54) is 56.4 Å². The van der Waals surface area contributed by atoms with Crippen LogP contribution in [0.25, 0.3) is 0 Å². The van der Waals surface area contributed by atoms with Gasteiger partial charge < -0.3 is 5.32 Å². The zero-order valence-electron chi connectivity index (χ0n) is 12.1. The van der Waals surface area contributed by atoms with Crippen molar-refractivity contribution in [2.24, 2.45) is 5.92 Å². The lowest BCUT2D eigenvalue weighted by atomic mass is 10.1. The Morgan fingerprint density at radius 1 is 1.26 bits per heavy atom. The summed E-state index contributed by atoms with van der Waals surface area (Å²) in [5.41, 5.74) is 2.75. The number of likely N-dealkylation sites (tertiary alicyclic amines) is 1. The molecule has 1 aromatic rings. The van der Waals surface area contributed by atoms with Gasteiger partial charge in [-0.2, -0.15) is 0 Å². The van der Waals surface area contributed by atoms with Crippen molar-refractivity contribution in [2.45, 2.75) is 51.6 Å². The van der Waals surface area contributed by atoms with Crippen LogP contribution in [-0.2, 0) is 6.54 Å². The lowest BCUT2D eigenvalue weighted by Gasteiger charge is -2.18. The molecule has 1 saturated carbocycles.